The summed E-state index contributed by atoms with van der Waals surface area (Å²) in [6.45, 7) is 5.48. The van der Waals surface area contributed by atoms with Crippen molar-refractivity contribution in [3.05, 3.63) is 53.7 Å². The number of aliphatic imine (C=N–C) groups is 1. The number of benzene rings is 1. The molecule has 158 valence electrons. The minimum atomic E-state index is -0.116. The number of hydrogen-bond acceptors (Lipinski definition) is 4. The van der Waals surface area contributed by atoms with E-state index in [1.54, 1.807) is 6.07 Å². The van der Waals surface area contributed by atoms with Gasteiger partial charge in [0.1, 0.15) is 5.82 Å². The Balaban J connectivity index is 1.53. The van der Waals surface area contributed by atoms with Crippen LogP contribution in [0.2, 0.25) is 0 Å². The van der Waals surface area contributed by atoms with Crippen molar-refractivity contribution in [3.63, 3.8) is 0 Å². The smallest absolute Gasteiger partial charge is 0.227 e. The number of aromatic nitrogens is 1. The van der Waals surface area contributed by atoms with Crippen LogP contribution in [0.4, 0.5) is 11.5 Å². The maximum atomic E-state index is 12.1. The van der Waals surface area contributed by atoms with Crippen LogP contribution in [-0.4, -0.2) is 42.4 Å². The fraction of sp³-hybridized carbons (Fsp3) is 0.364. The van der Waals surface area contributed by atoms with Gasteiger partial charge in [-0.1, -0.05) is 24.3 Å². The minimum Gasteiger partial charge on any atom is -0.357 e. The molecule has 1 aliphatic rings. The molecule has 0 fully saturated rings. The third-order valence-corrected chi connectivity index (χ3v) is 4.72. The predicted molar refractivity (Wildman–Crippen MR) is 119 cm³/mol. The van der Waals surface area contributed by atoms with Gasteiger partial charge >= 0.3 is 0 Å². The van der Waals surface area contributed by atoms with Gasteiger partial charge in [-0.15, -0.1) is 0 Å². The highest BCUT2D eigenvalue weighted by Crippen LogP contribution is 2.31. The van der Waals surface area contributed by atoms with Crippen molar-refractivity contribution < 1.29 is 9.59 Å². The van der Waals surface area contributed by atoms with Crippen LogP contribution in [-0.2, 0) is 9.59 Å². The lowest BCUT2D eigenvalue weighted by Gasteiger charge is -2.24. The van der Waals surface area contributed by atoms with Gasteiger partial charge in [0.25, 0.3) is 0 Å². The lowest BCUT2D eigenvalue weighted by Crippen LogP contribution is -2.39. The molecule has 1 aromatic carbocycles. The predicted octanol–water partition coefficient (Wildman–Crippen LogP) is 2.40. The lowest BCUT2D eigenvalue weighted by molar-refractivity contribution is -0.117. The van der Waals surface area contributed by atoms with Gasteiger partial charge in [0, 0.05) is 43.2 Å². The zero-order valence-electron chi connectivity index (χ0n) is 17.4. The van der Waals surface area contributed by atoms with Crippen molar-refractivity contribution in [2.75, 3.05) is 30.3 Å². The van der Waals surface area contributed by atoms with E-state index in [1.807, 2.05) is 50.2 Å². The number of anilines is 2. The first-order valence-corrected chi connectivity index (χ1v) is 10.2. The Labute approximate surface area is 176 Å². The van der Waals surface area contributed by atoms with Gasteiger partial charge < -0.3 is 21.3 Å². The molecular weight excluding hydrogens is 380 g/mol. The SMILES string of the molecule is CCNC(=NCC1CC(=O)Nc2ccccc21)NCCC(=O)Nc1cccc(C)n1. The van der Waals surface area contributed by atoms with E-state index in [0.29, 0.717) is 37.8 Å². The van der Waals surface area contributed by atoms with Gasteiger partial charge in [-0.2, -0.15) is 0 Å². The van der Waals surface area contributed by atoms with Crippen LogP contribution in [0.25, 0.3) is 0 Å². The summed E-state index contributed by atoms with van der Waals surface area (Å²) in [5.41, 5.74) is 2.81. The Kier molecular flexibility index (Phi) is 7.37. The Morgan fingerprint density at radius 1 is 1.20 bits per heavy atom. The average molecular weight is 409 g/mol. The Bertz CT molecular complexity index is 927. The highest BCUT2D eigenvalue weighted by atomic mass is 16.2. The monoisotopic (exact) mass is 408 g/mol. The third kappa shape index (κ3) is 6.04. The summed E-state index contributed by atoms with van der Waals surface area (Å²) in [5.74, 6) is 1.10. The van der Waals surface area contributed by atoms with E-state index in [9.17, 15) is 9.59 Å². The molecule has 1 atom stereocenters. The maximum Gasteiger partial charge on any atom is 0.227 e. The number of hydrogen-bond donors (Lipinski definition) is 4. The number of guanidine groups is 1. The number of amides is 2. The molecule has 0 spiro atoms. The van der Waals surface area contributed by atoms with Crippen molar-refractivity contribution >= 4 is 29.3 Å². The largest absolute Gasteiger partial charge is 0.357 e. The molecule has 1 aliphatic heterocycles. The van der Waals surface area contributed by atoms with E-state index in [2.05, 4.69) is 31.2 Å². The van der Waals surface area contributed by atoms with Gasteiger partial charge in [-0.05, 0) is 37.6 Å². The number of fused-ring (bicyclic) bond motifs is 1. The van der Waals surface area contributed by atoms with Crippen molar-refractivity contribution in [2.45, 2.75) is 32.6 Å². The number of para-hydroxylation sites is 1. The molecule has 8 heteroatoms. The van der Waals surface area contributed by atoms with E-state index in [-0.39, 0.29) is 24.2 Å². The van der Waals surface area contributed by atoms with Gasteiger partial charge in [-0.25, -0.2) is 4.98 Å². The Hall–Kier alpha value is -3.42. The van der Waals surface area contributed by atoms with E-state index in [0.717, 1.165) is 16.9 Å². The van der Waals surface area contributed by atoms with Crippen molar-refractivity contribution in [1.82, 2.24) is 15.6 Å². The summed E-state index contributed by atoms with van der Waals surface area (Å²) < 4.78 is 0. The molecule has 0 saturated heterocycles. The van der Waals surface area contributed by atoms with Crippen LogP contribution in [0.1, 0.15) is 36.9 Å². The molecule has 2 aromatic rings. The van der Waals surface area contributed by atoms with Crippen LogP contribution in [0.5, 0.6) is 0 Å². The number of aryl methyl sites for hydroxylation is 1. The molecule has 4 N–H and O–H groups in total. The first-order chi connectivity index (χ1) is 14.5. The number of nitrogens with zero attached hydrogens (tertiary/aromatic N) is 2. The van der Waals surface area contributed by atoms with Gasteiger partial charge in [0.05, 0.1) is 6.54 Å². The molecule has 0 aliphatic carbocycles. The Morgan fingerprint density at radius 2 is 2.03 bits per heavy atom. The molecule has 1 aromatic heterocycles. The summed E-state index contributed by atoms with van der Waals surface area (Å²) in [5, 5.41) is 12.1. The standard InChI is InChI=1S/C22H28N6O2/c1-3-23-22(24-12-11-20(29)28-19-10-6-7-15(2)26-19)25-14-16-13-21(30)27-18-9-5-4-8-17(16)18/h4-10,16H,3,11-14H2,1-2H3,(H,27,30)(H2,23,24,25)(H,26,28,29). The van der Waals surface area contributed by atoms with E-state index in [1.165, 1.54) is 0 Å². The first-order valence-electron chi connectivity index (χ1n) is 10.2. The topological polar surface area (TPSA) is 108 Å². The maximum absolute atomic E-state index is 12.1. The number of nitrogens with one attached hydrogen (secondary N) is 4. The molecule has 1 unspecified atom stereocenters. The second-order valence-electron chi connectivity index (χ2n) is 7.15. The fourth-order valence-corrected chi connectivity index (χ4v) is 3.32. The van der Waals surface area contributed by atoms with Crippen molar-refractivity contribution in [3.8, 4) is 0 Å². The molecule has 2 heterocycles. The van der Waals surface area contributed by atoms with E-state index < -0.39 is 0 Å². The Morgan fingerprint density at radius 3 is 2.83 bits per heavy atom. The minimum absolute atomic E-state index is 0.00768. The number of rotatable bonds is 7. The second-order valence-corrected chi connectivity index (χ2v) is 7.15. The highest BCUT2D eigenvalue weighted by Gasteiger charge is 2.24. The third-order valence-electron chi connectivity index (χ3n) is 4.72. The molecule has 0 saturated carbocycles. The summed E-state index contributed by atoms with van der Waals surface area (Å²) >= 11 is 0. The lowest BCUT2D eigenvalue weighted by atomic mass is 9.91. The van der Waals surface area contributed by atoms with Crippen molar-refractivity contribution in [2.24, 2.45) is 4.99 Å². The van der Waals surface area contributed by atoms with Crippen LogP contribution >= 0.6 is 0 Å². The van der Waals surface area contributed by atoms with Crippen LogP contribution in [0, 0.1) is 6.92 Å². The molecule has 8 nitrogen and oxygen atoms in total. The summed E-state index contributed by atoms with van der Waals surface area (Å²) in [6, 6.07) is 13.3. The molecule has 30 heavy (non-hydrogen) atoms. The summed E-state index contributed by atoms with van der Waals surface area (Å²) in [6.07, 6.45) is 0.695. The van der Waals surface area contributed by atoms with Gasteiger partial charge in [0.2, 0.25) is 11.8 Å². The van der Waals surface area contributed by atoms with Gasteiger partial charge in [0.15, 0.2) is 5.96 Å². The quantitative estimate of drug-likeness (QED) is 0.416. The molecule has 0 bridgehead atoms. The molecule has 2 amide bonds. The van der Waals surface area contributed by atoms with E-state index >= 15 is 0 Å². The number of pyridine rings is 1. The number of carbonyl (C=O) groups is 2. The zero-order chi connectivity index (χ0) is 21.3. The molecular formula is C22H28N6O2. The first kappa shape index (κ1) is 21.3. The van der Waals surface area contributed by atoms with E-state index in [4.69, 9.17) is 0 Å². The molecule has 0 radical (unpaired) electrons. The van der Waals surface area contributed by atoms with Crippen LogP contribution < -0.4 is 21.3 Å². The number of carbonyl (C=O) groups excluding carboxylic acids is 2. The summed E-state index contributed by atoms with van der Waals surface area (Å²) in [4.78, 5) is 33.0. The highest BCUT2D eigenvalue weighted by molar-refractivity contribution is 5.95. The normalized spacial score (nSPS) is 15.7. The van der Waals surface area contributed by atoms with Crippen molar-refractivity contribution in [1.29, 1.82) is 0 Å². The summed E-state index contributed by atoms with van der Waals surface area (Å²) in [7, 11) is 0. The average Bonchev–Trinajstić information content (AvgIpc) is 2.71. The molecule has 3 rings (SSSR count). The van der Waals surface area contributed by atoms with Crippen LogP contribution in [0.3, 0.4) is 0 Å². The van der Waals surface area contributed by atoms with Crippen LogP contribution in [0.15, 0.2) is 47.5 Å². The second kappa shape index (κ2) is 10.4. The fourth-order valence-electron chi connectivity index (χ4n) is 3.32. The zero-order valence-corrected chi connectivity index (χ0v) is 17.4. The van der Waals surface area contributed by atoms with Gasteiger partial charge in [-0.3, -0.25) is 14.6 Å².